The summed E-state index contributed by atoms with van der Waals surface area (Å²) in [5, 5.41) is 9.52. The number of carbonyl (C=O) groups is 1. The van der Waals surface area contributed by atoms with E-state index < -0.39 is 21.7 Å². The summed E-state index contributed by atoms with van der Waals surface area (Å²) in [6, 6.07) is 4.30. The monoisotopic (exact) mass is 288 g/mol. The number of nitrogens with one attached hydrogen (secondary N) is 1. The van der Waals surface area contributed by atoms with Gasteiger partial charge in [-0.2, -0.15) is 0 Å². The van der Waals surface area contributed by atoms with Crippen molar-refractivity contribution in [1.82, 2.24) is 4.72 Å². The van der Waals surface area contributed by atoms with Gasteiger partial charge >= 0.3 is 5.97 Å². The highest BCUT2D eigenvalue weighted by atomic mass is 32.2. The maximum atomic E-state index is 11.6. The summed E-state index contributed by atoms with van der Waals surface area (Å²) in [5.41, 5.74) is 6.25. The molecule has 1 rings (SSSR count). The fourth-order valence-electron chi connectivity index (χ4n) is 1.34. The Morgan fingerprint density at radius 3 is 2.79 bits per heavy atom. The third kappa shape index (κ3) is 5.14. The van der Waals surface area contributed by atoms with Gasteiger partial charge in [0.2, 0.25) is 10.0 Å². The summed E-state index contributed by atoms with van der Waals surface area (Å²) in [5.74, 6) is -1.66. The molecule has 0 heterocycles. The second kappa shape index (κ2) is 6.39. The average Bonchev–Trinajstić information content (AvgIpc) is 2.30. The molecule has 0 fully saturated rings. The lowest BCUT2D eigenvalue weighted by Gasteiger charge is -2.08. The van der Waals surface area contributed by atoms with E-state index in [0.29, 0.717) is 11.3 Å². The minimum atomic E-state index is -3.81. The first-order valence-electron chi connectivity index (χ1n) is 5.54. The number of phenolic OH excluding ortho intramolecular Hbond substituents is 1. The van der Waals surface area contributed by atoms with Gasteiger partial charge in [0.15, 0.2) is 5.75 Å². The number of aromatic hydroxyl groups is 1. The summed E-state index contributed by atoms with van der Waals surface area (Å²) in [7, 11) is -3.81. The molecule has 8 heteroatoms. The van der Waals surface area contributed by atoms with E-state index in [1.165, 1.54) is 18.2 Å². The predicted octanol–water partition coefficient (Wildman–Crippen LogP) is -0.0431. The quantitative estimate of drug-likeness (QED) is 0.384. The Morgan fingerprint density at radius 2 is 2.16 bits per heavy atom. The molecule has 0 aliphatic rings. The number of nitrogen functional groups attached to an aromatic ring is 1. The normalized spacial score (nSPS) is 11.2. The topological polar surface area (TPSA) is 119 Å². The molecule has 106 valence electrons. The van der Waals surface area contributed by atoms with E-state index in [0.717, 1.165) is 0 Å². The van der Waals surface area contributed by atoms with Crippen LogP contribution in [0.4, 0.5) is 5.69 Å². The van der Waals surface area contributed by atoms with Crippen LogP contribution in [-0.4, -0.2) is 31.9 Å². The molecule has 0 bridgehead atoms. The first kappa shape index (κ1) is 15.3. The molecule has 0 spiro atoms. The first-order valence-corrected chi connectivity index (χ1v) is 7.19. The lowest BCUT2D eigenvalue weighted by Crippen LogP contribution is -2.30. The van der Waals surface area contributed by atoms with Crippen LogP contribution < -0.4 is 10.5 Å². The molecular formula is C11H16N2O5S. The fraction of sp³-hybridized carbons (Fsp3) is 0.364. The number of esters is 1. The Hall–Kier alpha value is -1.80. The summed E-state index contributed by atoms with van der Waals surface area (Å²) in [6.07, 6.45) is 0. The number of hydrogen-bond acceptors (Lipinski definition) is 6. The molecule has 0 radical (unpaired) electrons. The number of benzene rings is 1. The minimum absolute atomic E-state index is 0.0759. The zero-order chi connectivity index (χ0) is 14.5. The Morgan fingerprint density at radius 1 is 1.47 bits per heavy atom. The zero-order valence-electron chi connectivity index (χ0n) is 10.4. The van der Waals surface area contributed by atoms with Crippen molar-refractivity contribution in [3.8, 4) is 5.75 Å². The van der Waals surface area contributed by atoms with Gasteiger partial charge in [0, 0.05) is 17.8 Å². The number of phenols is 1. The van der Waals surface area contributed by atoms with Gasteiger partial charge in [0.25, 0.3) is 0 Å². The van der Waals surface area contributed by atoms with Crippen molar-refractivity contribution in [3.63, 3.8) is 0 Å². The van der Waals surface area contributed by atoms with Crippen LogP contribution in [0.15, 0.2) is 18.2 Å². The molecule has 0 aliphatic carbocycles. The molecule has 1 aromatic carbocycles. The van der Waals surface area contributed by atoms with Crippen LogP contribution in [0.3, 0.4) is 0 Å². The van der Waals surface area contributed by atoms with E-state index in [1.807, 2.05) is 0 Å². The molecule has 0 unspecified atom stereocenters. The van der Waals surface area contributed by atoms with E-state index in [1.54, 1.807) is 6.92 Å². The standard InChI is InChI=1S/C11H16N2O5S/c1-2-18-11(15)7-19(16,17)13-6-8-5-9(12)3-4-10(8)14/h3-5,13-14H,2,6-7,12H2,1H3. The molecule has 19 heavy (non-hydrogen) atoms. The molecule has 0 aliphatic heterocycles. The van der Waals surface area contributed by atoms with Crippen LogP contribution in [0.2, 0.25) is 0 Å². The number of nitrogens with two attached hydrogens (primary N) is 1. The number of sulfonamides is 1. The van der Waals surface area contributed by atoms with Crippen LogP contribution >= 0.6 is 0 Å². The van der Waals surface area contributed by atoms with Gasteiger partial charge in [0.05, 0.1) is 6.61 Å². The highest BCUT2D eigenvalue weighted by Crippen LogP contribution is 2.19. The third-order valence-corrected chi connectivity index (χ3v) is 3.40. The highest BCUT2D eigenvalue weighted by Gasteiger charge is 2.17. The number of hydrogen-bond donors (Lipinski definition) is 3. The highest BCUT2D eigenvalue weighted by molar-refractivity contribution is 7.90. The Balaban J connectivity index is 2.65. The van der Waals surface area contributed by atoms with Crippen molar-refractivity contribution in [2.75, 3.05) is 18.1 Å². The summed E-state index contributed by atoms with van der Waals surface area (Å²) < 4.78 is 29.9. The Labute approximate surface area is 111 Å². The molecule has 0 saturated heterocycles. The largest absolute Gasteiger partial charge is 0.508 e. The molecule has 7 nitrogen and oxygen atoms in total. The van der Waals surface area contributed by atoms with Gasteiger partial charge in [-0.1, -0.05) is 0 Å². The number of rotatable bonds is 6. The lowest BCUT2D eigenvalue weighted by molar-refractivity contribution is -0.139. The maximum Gasteiger partial charge on any atom is 0.322 e. The van der Waals surface area contributed by atoms with Crippen LogP contribution in [-0.2, 0) is 26.1 Å². The molecule has 0 atom stereocenters. The van der Waals surface area contributed by atoms with E-state index in [2.05, 4.69) is 9.46 Å². The number of ether oxygens (including phenoxy) is 1. The SMILES string of the molecule is CCOC(=O)CS(=O)(=O)NCc1cc(N)ccc1O. The van der Waals surface area contributed by atoms with Gasteiger partial charge in [-0.25, -0.2) is 13.1 Å². The van der Waals surface area contributed by atoms with Crippen LogP contribution in [0, 0.1) is 0 Å². The number of carbonyl (C=O) groups excluding carboxylic acids is 1. The molecule has 1 aromatic rings. The van der Waals surface area contributed by atoms with Gasteiger partial charge in [0.1, 0.15) is 5.75 Å². The third-order valence-electron chi connectivity index (χ3n) is 2.20. The Kier molecular flexibility index (Phi) is 5.13. The molecular weight excluding hydrogens is 272 g/mol. The van der Waals surface area contributed by atoms with Crippen molar-refractivity contribution >= 4 is 21.7 Å². The summed E-state index contributed by atoms with van der Waals surface area (Å²) in [4.78, 5) is 11.1. The molecule has 0 saturated carbocycles. The van der Waals surface area contributed by atoms with Gasteiger partial charge in [-0.15, -0.1) is 0 Å². The molecule has 4 N–H and O–H groups in total. The van der Waals surface area contributed by atoms with Gasteiger partial charge in [-0.05, 0) is 25.1 Å². The van der Waals surface area contributed by atoms with E-state index in [-0.39, 0.29) is 18.9 Å². The fourth-order valence-corrected chi connectivity index (χ4v) is 2.21. The summed E-state index contributed by atoms with van der Waals surface area (Å²) in [6.45, 7) is 1.55. The van der Waals surface area contributed by atoms with Crippen molar-refractivity contribution in [2.24, 2.45) is 0 Å². The van der Waals surface area contributed by atoms with Gasteiger partial charge < -0.3 is 15.6 Å². The second-order valence-corrected chi connectivity index (χ2v) is 5.58. The lowest BCUT2D eigenvalue weighted by atomic mass is 10.2. The maximum absolute atomic E-state index is 11.6. The van der Waals surface area contributed by atoms with Gasteiger partial charge in [-0.3, -0.25) is 4.79 Å². The van der Waals surface area contributed by atoms with Crippen molar-refractivity contribution in [3.05, 3.63) is 23.8 Å². The minimum Gasteiger partial charge on any atom is -0.508 e. The zero-order valence-corrected chi connectivity index (χ0v) is 11.2. The van der Waals surface area contributed by atoms with E-state index in [4.69, 9.17) is 5.73 Å². The van der Waals surface area contributed by atoms with E-state index >= 15 is 0 Å². The Bertz CT molecular complexity index is 556. The smallest absolute Gasteiger partial charge is 0.322 e. The second-order valence-electron chi connectivity index (χ2n) is 3.77. The average molecular weight is 288 g/mol. The van der Waals surface area contributed by atoms with Crippen molar-refractivity contribution in [1.29, 1.82) is 0 Å². The predicted molar refractivity (Wildman–Crippen MR) is 69.8 cm³/mol. The molecule has 0 amide bonds. The summed E-state index contributed by atoms with van der Waals surface area (Å²) >= 11 is 0. The van der Waals surface area contributed by atoms with Crippen LogP contribution in [0.5, 0.6) is 5.75 Å². The number of anilines is 1. The van der Waals surface area contributed by atoms with Crippen LogP contribution in [0.1, 0.15) is 12.5 Å². The molecule has 0 aromatic heterocycles. The van der Waals surface area contributed by atoms with Crippen molar-refractivity contribution in [2.45, 2.75) is 13.5 Å². The first-order chi connectivity index (χ1) is 8.84. The van der Waals surface area contributed by atoms with Crippen molar-refractivity contribution < 1.29 is 23.1 Å². The van der Waals surface area contributed by atoms with Crippen LogP contribution in [0.25, 0.3) is 0 Å². The van der Waals surface area contributed by atoms with E-state index in [9.17, 15) is 18.3 Å².